The third-order valence-electron chi connectivity index (χ3n) is 6.80. The summed E-state index contributed by atoms with van der Waals surface area (Å²) >= 11 is 5.62. The van der Waals surface area contributed by atoms with Gasteiger partial charge in [-0.2, -0.15) is 0 Å². The second-order valence-electron chi connectivity index (χ2n) is 8.83. The smallest absolute Gasteiger partial charge is 0.166 e. The van der Waals surface area contributed by atoms with Crippen LogP contribution in [0.1, 0.15) is 64.2 Å². The molecule has 0 spiro atoms. The summed E-state index contributed by atoms with van der Waals surface area (Å²) in [5, 5.41) is 8.18. The lowest BCUT2D eigenvalue weighted by atomic mass is 9.53. The minimum Gasteiger partial charge on any atom is -0.363 e. The highest BCUT2D eigenvalue weighted by Gasteiger charge is 2.51. The lowest BCUT2D eigenvalue weighted by Crippen LogP contribution is -2.61. The number of nitrogens with one attached hydrogen (secondary N) is 2. The quantitative estimate of drug-likeness (QED) is 0.595. The molecule has 4 heteroatoms. The molecule has 0 aromatic heterocycles. The van der Waals surface area contributed by atoms with Crippen LogP contribution in [0.5, 0.6) is 0 Å². The first kappa shape index (κ1) is 16.1. The molecular weight excluding hydrogens is 302 g/mol. The van der Waals surface area contributed by atoms with Gasteiger partial charge >= 0.3 is 0 Å². The Kier molecular flexibility index (Phi) is 4.82. The van der Waals surface area contributed by atoms with Gasteiger partial charge in [0, 0.05) is 12.1 Å². The molecule has 3 nitrogen and oxygen atoms in total. The first-order chi connectivity index (χ1) is 11.2. The fraction of sp³-hybridized carbons (Fsp3) is 0.947. The Morgan fingerprint density at radius 3 is 2.17 bits per heavy atom. The minimum atomic E-state index is 0.353. The molecule has 5 fully saturated rings. The molecule has 5 aliphatic rings. The molecule has 4 bridgehead atoms. The van der Waals surface area contributed by atoms with Gasteiger partial charge < -0.3 is 15.5 Å². The third-order valence-corrected chi connectivity index (χ3v) is 7.05. The van der Waals surface area contributed by atoms with Gasteiger partial charge in [-0.15, -0.1) is 0 Å². The summed E-state index contributed by atoms with van der Waals surface area (Å²) in [6.07, 6.45) is 14.0. The van der Waals surface area contributed by atoms with Crippen molar-refractivity contribution in [3.05, 3.63) is 0 Å². The second kappa shape index (κ2) is 6.87. The van der Waals surface area contributed by atoms with Crippen LogP contribution in [-0.4, -0.2) is 41.7 Å². The number of piperidine rings is 1. The maximum Gasteiger partial charge on any atom is 0.166 e. The van der Waals surface area contributed by atoms with Crippen LogP contribution in [0.3, 0.4) is 0 Å². The van der Waals surface area contributed by atoms with Crippen molar-refractivity contribution in [2.45, 2.75) is 69.7 Å². The first-order valence-electron chi connectivity index (χ1n) is 9.99. The van der Waals surface area contributed by atoms with Gasteiger partial charge in [0.05, 0.1) is 0 Å². The number of hydrogen-bond acceptors (Lipinski definition) is 2. The average Bonchev–Trinajstić information content (AvgIpc) is 2.51. The fourth-order valence-electron chi connectivity index (χ4n) is 6.24. The molecule has 4 aliphatic carbocycles. The Labute approximate surface area is 147 Å². The van der Waals surface area contributed by atoms with Gasteiger partial charge in [-0.25, -0.2) is 0 Å². The van der Waals surface area contributed by atoms with Crippen LogP contribution in [0.15, 0.2) is 0 Å². The van der Waals surface area contributed by atoms with Crippen molar-refractivity contribution in [1.82, 2.24) is 15.5 Å². The lowest BCUT2D eigenvalue weighted by molar-refractivity contribution is -0.0101. The molecule has 1 aliphatic heterocycles. The number of likely N-dealkylation sites (tertiary alicyclic amines) is 1. The number of thiocarbonyl (C=S) groups is 1. The Hall–Kier alpha value is -0.350. The van der Waals surface area contributed by atoms with Crippen LogP contribution in [0, 0.1) is 17.8 Å². The topological polar surface area (TPSA) is 27.3 Å². The summed E-state index contributed by atoms with van der Waals surface area (Å²) in [5.74, 6) is 2.95. The van der Waals surface area contributed by atoms with Gasteiger partial charge in [-0.05, 0) is 107 Å². The van der Waals surface area contributed by atoms with Crippen LogP contribution < -0.4 is 10.6 Å². The van der Waals surface area contributed by atoms with Gasteiger partial charge in [0.25, 0.3) is 0 Å². The normalized spacial score (nSPS) is 39.4. The Morgan fingerprint density at radius 2 is 1.57 bits per heavy atom. The zero-order valence-corrected chi connectivity index (χ0v) is 15.3. The predicted octanol–water partition coefficient (Wildman–Crippen LogP) is 3.30. The van der Waals surface area contributed by atoms with E-state index < -0.39 is 0 Å². The number of rotatable bonds is 5. The molecule has 5 rings (SSSR count). The van der Waals surface area contributed by atoms with E-state index in [9.17, 15) is 0 Å². The fourth-order valence-corrected chi connectivity index (χ4v) is 6.55. The maximum atomic E-state index is 5.62. The molecule has 0 unspecified atom stereocenters. The van der Waals surface area contributed by atoms with Crippen molar-refractivity contribution in [1.29, 1.82) is 0 Å². The molecule has 2 N–H and O–H groups in total. The van der Waals surface area contributed by atoms with E-state index in [1.165, 1.54) is 83.8 Å². The molecular formula is C19H33N3S. The molecule has 1 heterocycles. The highest BCUT2D eigenvalue weighted by Crippen LogP contribution is 2.55. The zero-order chi connectivity index (χ0) is 15.7. The van der Waals surface area contributed by atoms with Gasteiger partial charge in [0.2, 0.25) is 0 Å². The molecule has 4 saturated carbocycles. The monoisotopic (exact) mass is 335 g/mol. The molecule has 0 amide bonds. The van der Waals surface area contributed by atoms with E-state index in [4.69, 9.17) is 12.2 Å². The van der Waals surface area contributed by atoms with Crippen LogP contribution >= 0.6 is 12.2 Å². The standard InChI is InChI=1S/C19H33N3S/c23-18(20-5-4-8-22-6-2-1-3-7-22)21-19-12-15-9-16(13-19)11-17(10-15)14-19/h15-17H,1-14H2,(H2,20,21,23). The Balaban J connectivity index is 1.18. The third kappa shape index (κ3) is 3.84. The highest BCUT2D eigenvalue weighted by molar-refractivity contribution is 7.80. The first-order valence-corrected chi connectivity index (χ1v) is 10.4. The van der Waals surface area contributed by atoms with Gasteiger partial charge in [0.15, 0.2) is 5.11 Å². The summed E-state index contributed by atoms with van der Waals surface area (Å²) in [6, 6.07) is 0. The maximum absolute atomic E-state index is 5.62. The van der Waals surface area contributed by atoms with E-state index in [2.05, 4.69) is 15.5 Å². The summed E-state index contributed by atoms with van der Waals surface area (Å²) in [4.78, 5) is 2.61. The molecule has 1 saturated heterocycles. The molecule has 0 atom stereocenters. The summed E-state index contributed by atoms with van der Waals surface area (Å²) in [7, 11) is 0. The van der Waals surface area contributed by atoms with E-state index in [0.29, 0.717) is 5.54 Å². The second-order valence-corrected chi connectivity index (χ2v) is 9.24. The Morgan fingerprint density at radius 1 is 0.957 bits per heavy atom. The van der Waals surface area contributed by atoms with E-state index in [0.717, 1.165) is 29.4 Å². The summed E-state index contributed by atoms with van der Waals surface area (Å²) in [6.45, 7) is 4.85. The molecule has 0 aromatic carbocycles. The SMILES string of the molecule is S=C(NCCCN1CCCCC1)NC12CC3CC(CC(C3)C1)C2. The zero-order valence-electron chi connectivity index (χ0n) is 14.5. The van der Waals surface area contributed by atoms with Crippen LogP contribution in [-0.2, 0) is 0 Å². The Bertz CT molecular complexity index is 395. The van der Waals surface area contributed by atoms with Crippen molar-refractivity contribution < 1.29 is 0 Å². The van der Waals surface area contributed by atoms with Crippen molar-refractivity contribution in [3.8, 4) is 0 Å². The van der Waals surface area contributed by atoms with Crippen molar-refractivity contribution >= 4 is 17.3 Å². The molecule has 0 aromatic rings. The number of nitrogens with zero attached hydrogens (tertiary/aromatic N) is 1. The largest absolute Gasteiger partial charge is 0.363 e. The van der Waals surface area contributed by atoms with Crippen molar-refractivity contribution in [3.63, 3.8) is 0 Å². The van der Waals surface area contributed by atoms with Gasteiger partial charge in [-0.1, -0.05) is 6.42 Å². The van der Waals surface area contributed by atoms with E-state index in [1.54, 1.807) is 0 Å². The van der Waals surface area contributed by atoms with Gasteiger partial charge in [-0.3, -0.25) is 0 Å². The van der Waals surface area contributed by atoms with Crippen LogP contribution in [0.4, 0.5) is 0 Å². The molecule has 0 radical (unpaired) electrons. The average molecular weight is 336 g/mol. The van der Waals surface area contributed by atoms with Crippen molar-refractivity contribution in [2.24, 2.45) is 17.8 Å². The summed E-state index contributed by atoms with van der Waals surface area (Å²) in [5.41, 5.74) is 0.353. The molecule has 23 heavy (non-hydrogen) atoms. The van der Waals surface area contributed by atoms with Gasteiger partial charge in [0.1, 0.15) is 0 Å². The molecule has 130 valence electrons. The van der Waals surface area contributed by atoms with E-state index in [-0.39, 0.29) is 0 Å². The predicted molar refractivity (Wildman–Crippen MR) is 99.5 cm³/mol. The highest BCUT2D eigenvalue weighted by atomic mass is 32.1. The minimum absolute atomic E-state index is 0.353. The van der Waals surface area contributed by atoms with E-state index >= 15 is 0 Å². The van der Waals surface area contributed by atoms with Crippen LogP contribution in [0.2, 0.25) is 0 Å². The number of hydrogen-bond donors (Lipinski definition) is 2. The van der Waals surface area contributed by atoms with Crippen LogP contribution in [0.25, 0.3) is 0 Å². The summed E-state index contributed by atoms with van der Waals surface area (Å²) < 4.78 is 0. The van der Waals surface area contributed by atoms with E-state index in [1.807, 2.05) is 0 Å². The van der Waals surface area contributed by atoms with Crippen molar-refractivity contribution in [2.75, 3.05) is 26.2 Å². The lowest BCUT2D eigenvalue weighted by Gasteiger charge is -2.57.